The monoisotopic (exact) mass is 286 g/mol. The van der Waals surface area contributed by atoms with Crippen molar-refractivity contribution in [3.8, 4) is 0 Å². The number of benzene rings is 1. The van der Waals surface area contributed by atoms with Gasteiger partial charge in [0.1, 0.15) is 5.82 Å². The highest BCUT2D eigenvalue weighted by Gasteiger charge is 2.08. The van der Waals surface area contributed by atoms with E-state index in [1.807, 2.05) is 12.1 Å². The first kappa shape index (κ1) is 12.6. The lowest BCUT2D eigenvalue weighted by Gasteiger charge is -2.07. The molecule has 1 amide bonds. The lowest BCUT2D eigenvalue weighted by molar-refractivity contribution is -0.115. The number of anilines is 1. The minimum absolute atomic E-state index is 0.129. The van der Waals surface area contributed by atoms with Gasteiger partial charge >= 0.3 is 0 Å². The molecule has 1 N–H and O–H groups in total. The van der Waals surface area contributed by atoms with E-state index >= 15 is 0 Å². The van der Waals surface area contributed by atoms with E-state index < -0.39 is 0 Å². The number of carbonyl (C=O) groups excluding carboxylic acids is 1. The van der Waals surface area contributed by atoms with Crippen molar-refractivity contribution in [3.63, 3.8) is 0 Å². The predicted molar refractivity (Wildman–Crippen MR) is 76.8 cm³/mol. The van der Waals surface area contributed by atoms with Gasteiger partial charge in [0.15, 0.2) is 5.65 Å². The van der Waals surface area contributed by atoms with Gasteiger partial charge in [-0.1, -0.05) is 23.7 Å². The van der Waals surface area contributed by atoms with Crippen molar-refractivity contribution in [2.24, 2.45) is 0 Å². The Bertz CT molecular complexity index is 768. The fraction of sp³-hybridized carbons (Fsp3) is 0.0714. The second-order valence-electron chi connectivity index (χ2n) is 4.29. The summed E-state index contributed by atoms with van der Waals surface area (Å²) < 4.78 is 1.58. The molecule has 3 rings (SSSR count). The summed E-state index contributed by atoms with van der Waals surface area (Å²) in [6, 6.07) is 10.7. The van der Waals surface area contributed by atoms with Gasteiger partial charge in [-0.25, -0.2) is 4.98 Å². The summed E-state index contributed by atoms with van der Waals surface area (Å²) in [6.45, 7) is 0. The van der Waals surface area contributed by atoms with Gasteiger partial charge in [0.05, 0.1) is 12.6 Å². The normalized spacial score (nSPS) is 10.7. The van der Waals surface area contributed by atoms with E-state index in [4.69, 9.17) is 11.6 Å². The lowest BCUT2D eigenvalue weighted by atomic mass is 10.1. The first-order chi connectivity index (χ1) is 9.72. The summed E-state index contributed by atoms with van der Waals surface area (Å²) in [5.41, 5.74) is 1.55. The summed E-state index contributed by atoms with van der Waals surface area (Å²) in [4.78, 5) is 16.2. The third-order valence-electron chi connectivity index (χ3n) is 2.81. The molecule has 0 spiro atoms. The Labute approximate surface area is 120 Å². The summed E-state index contributed by atoms with van der Waals surface area (Å²) in [7, 11) is 0. The van der Waals surface area contributed by atoms with E-state index in [2.05, 4.69) is 15.4 Å². The highest BCUT2D eigenvalue weighted by atomic mass is 35.5. The van der Waals surface area contributed by atoms with E-state index in [9.17, 15) is 4.79 Å². The Morgan fingerprint density at radius 3 is 3.00 bits per heavy atom. The van der Waals surface area contributed by atoms with Gasteiger partial charge in [0.25, 0.3) is 0 Å². The molecule has 0 aliphatic carbocycles. The van der Waals surface area contributed by atoms with Crippen LogP contribution in [0, 0.1) is 0 Å². The van der Waals surface area contributed by atoms with Gasteiger partial charge in [-0.3, -0.25) is 4.79 Å². The largest absolute Gasteiger partial charge is 0.310 e. The van der Waals surface area contributed by atoms with Crippen molar-refractivity contribution in [2.75, 3.05) is 5.32 Å². The van der Waals surface area contributed by atoms with Crippen LogP contribution in [-0.4, -0.2) is 20.5 Å². The molecule has 0 atom stereocenters. The standard InChI is InChI=1S/C14H11ClN4O/c15-11-3-1-2-10(8-11)9-14(20)18-13-4-6-16-12-5-7-17-19(12)13/h1-8H,9H2,(H,18,20). The summed E-state index contributed by atoms with van der Waals surface area (Å²) in [6.07, 6.45) is 3.52. The Hall–Kier alpha value is -2.40. The minimum Gasteiger partial charge on any atom is -0.310 e. The van der Waals surface area contributed by atoms with Crippen molar-refractivity contribution in [2.45, 2.75) is 6.42 Å². The number of hydrogen-bond donors (Lipinski definition) is 1. The van der Waals surface area contributed by atoms with Gasteiger partial charge in [0, 0.05) is 17.3 Å². The second kappa shape index (κ2) is 5.30. The number of hydrogen-bond acceptors (Lipinski definition) is 3. The zero-order valence-corrected chi connectivity index (χ0v) is 11.2. The van der Waals surface area contributed by atoms with Crippen LogP contribution in [0.2, 0.25) is 5.02 Å². The van der Waals surface area contributed by atoms with Crippen LogP contribution in [0.3, 0.4) is 0 Å². The molecule has 20 heavy (non-hydrogen) atoms. The molecule has 0 saturated carbocycles. The topological polar surface area (TPSA) is 59.3 Å². The SMILES string of the molecule is O=C(Cc1cccc(Cl)c1)Nc1ccnc2ccnn12. The molecule has 0 aliphatic heterocycles. The van der Waals surface area contributed by atoms with Gasteiger partial charge < -0.3 is 5.32 Å². The molecule has 0 unspecified atom stereocenters. The van der Waals surface area contributed by atoms with Gasteiger partial charge in [-0.15, -0.1) is 0 Å². The molecule has 2 aromatic heterocycles. The molecule has 6 heteroatoms. The zero-order valence-electron chi connectivity index (χ0n) is 10.5. The summed E-state index contributed by atoms with van der Waals surface area (Å²) in [5.74, 6) is 0.460. The number of aromatic nitrogens is 3. The smallest absolute Gasteiger partial charge is 0.229 e. The van der Waals surface area contributed by atoms with E-state index in [-0.39, 0.29) is 12.3 Å². The molecule has 3 aromatic rings. The van der Waals surface area contributed by atoms with Crippen LogP contribution in [0.1, 0.15) is 5.56 Å². The Balaban J connectivity index is 1.77. The molecule has 0 bridgehead atoms. The molecule has 0 fully saturated rings. The maximum atomic E-state index is 12.0. The van der Waals surface area contributed by atoms with Gasteiger partial charge in [0.2, 0.25) is 5.91 Å². The second-order valence-corrected chi connectivity index (χ2v) is 4.72. The fourth-order valence-electron chi connectivity index (χ4n) is 1.95. The van der Waals surface area contributed by atoms with Crippen LogP contribution in [0.25, 0.3) is 5.65 Å². The van der Waals surface area contributed by atoms with Crippen molar-refractivity contribution >= 4 is 29.0 Å². The van der Waals surface area contributed by atoms with Crippen LogP contribution >= 0.6 is 11.6 Å². The number of halogens is 1. The van der Waals surface area contributed by atoms with Gasteiger partial charge in [-0.2, -0.15) is 9.61 Å². The third kappa shape index (κ3) is 2.62. The summed E-state index contributed by atoms with van der Waals surface area (Å²) >= 11 is 5.90. The van der Waals surface area contributed by atoms with E-state index in [0.29, 0.717) is 16.5 Å². The average molecular weight is 287 g/mol. The van der Waals surface area contributed by atoms with E-state index in [0.717, 1.165) is 5.56 Å². The van der Waals surface area contributed by atoms with Crippen molar-refractivity contribution in [1.29, 1.82) is 0 Å². The van der Waals surface area contributed by atoms with Gasteiger partial charge in [-0.05, 0) is 23.8 Å². The number of nitrogens with one attached hydrogen (secondary N) is 1. The molecule has 100 valence electrons. The molecule has 0 aliphatic rings. The Kier molecular flexibility index (Phi) is 3.35. The Morgan fingerprint density at radius 2 is 2.15 bits per heavy atom. The van der Waals surface area contributed by atoms with Crippen molar-refractivity contribution < 1.29 is 4.79 Å². The summed E-state index contributed by atoms with van der Waals surface area (Å²) in [5, 5.41) is 7.55. The van der Waals surface area contributed by atoms with Crippen molar-refractivity contribution in [1.82, 2.24) is 14.6 Å². The predicted octanol–water partition coefficient (Wildman–Crippen LogP) is 2.56. The van der Waals surface area contributed by atoms with Crippen LogP contribution in [0.4, 0.5) is 5.82 Å². The van der Waals surface area contributed by atoms with Crippen LogP contribution < -0.4 is 5.32 Å². The quantitative estimate of drug-likeness (QED) is 0.805. The molecule has 2 heterocycles. The molecule has 5 nitrogen and oxygen atoms in total. The fourth-order valence-corrected chi connectivity index (χ4v) is 2.16. The molecule has 1 aromatic carbocycles. The van der Waals surface area contributed by atoms with Crippen LogP contribution in [0.15, 0.2) is 48.8 Å². The molecular formula is C14H11ClN4O. The maximum absolute atomic E-state index is 12.0. The Morgan fingerprint density at radius 1 is 1.25 bits per heavy atom. The molecule has 0 radical (unpaired) electrons. The highest BCUT2D eigenvalue weighted by molar-refractivity contribution is 6.30. The third-order valence-corrected chi connectivity index (χ3v) is 3.05. The first-order valence-corrected chi connectivity index (χ1v) is 6.43. The number of carbonyl (C=O) groups is 1. The van der Waals surface area contributed by atoms with E-state index in [1.54, 1.807) is 41.2 Å². The zero-order chi connectivity index (χ0) is 13.9. The number of nitrogens with zero attached hydrogens (tertiary/aromatic N) is 3. The number of fused-ring (bicyclic) bond motifs is 1. The molecule has 0 saturated heterocycles. The first-order valence-electron chi connectivity index (χ1n) is 6.05. The highest BCUT2D eigenvalue weighted by Crippen LogP contribution is 2.13. The number of rotatable bonds is 3. The average Bonchev–Trinajstić information content (AvgIpc) is 2.88. The van der Waals surface area contributed by atoms with Crippen molar-refractivity contribution in [3.05, 3.63) is 59.4 Å². The molecular weight excluding hydrogens is 276 g/mol. The maximum Gasteiger partial charge on any atom is 0.229 e. The lowest BCUT2D eigenvalue weighted by Crippen LogP contribution is -2.17. The number of amides is 1. The minimum atomic E-state index is -0.129. The van der Waals surface area contributed by atoms with Crippen LogP contribution in [0.5, 0.6) is 0 Å². The van der Waals surface area contributed by atoms with E-state index in [1.165, 1.54) is 0 Å². The van der Waals surface area contributed by atoms with Crippen LogP contribution in [-0.2, 0) is 11.2 Å².